The minimum absolute atomic E-state index is 0.119. The van der Waals surface area contributed by atoms with Gasteiger partial charge in [-0.2, -0.15) is 0 Å². The topological polar surface area (TPSA) is 26.3 Å². The van der Waals surface area contributed by atoms with Crippen molar-refractivity contribution in [2.24, 2.45) is 0 Å². The summed E-state index contributed by atoms with van der Waals surface area (Å²) in [7, 11) is 1.65. The van der Waals surface area contributed by atoms with E-state index in [0.29, 0.717) is 0 Å². The van der Waals surface area contributed by atoms with Crippen LogP contribution in [0.2, 0.25) is 0 Å². The molecular formula is C18H16O2. The molecule has 20 heavy (non-hydrogen) atoms. The van der Waals surface area contributed by atoms with Crippen LogP contribution in [-0.4, -0.2) is 12.9 Å². The molecule has 2 aromatic carbocycles. The molecule has 0 saturated carbocycles. The monoisotopic (exact) mass is 264 g/mol. The van der Waals surface area contributed by atoms with Gasteiger partial charge < -0.3 is 4.74 Å². The number of methoxy groups -OCH3 is 1. The van der Waals surface area contributed by atoms with Gasteiger partial charge in [0.1, 0.15) is 5.75 Å². The highest BCUT2D eigenvalue weighted by Gasteiger charge is 2.24. The fourth-order valence-corrected chi connectivity index (χ4v) is 2.66. The van der Waals surface area contributed by atoms with Crippen LogP contribution in [0.25, 0.3) is 6.08 Å². The Morgan fingerprint density at radius 1 is 1.00 bits per heavy atom. The van der Waals surface area contributed by atoms with E-state index in [1.54, 1.807) is 7.11 Å². The molecule has 0 radical (unpaired) electrons. The van der Waals surface area contributed by atoms with Crippen LogP contribution in [-0.2, 0) is 6.42 Å². The molecule has 0 amide bonds. The fourth-order valence-electron chi connectivity index (χ4n) is 2.66. The highest BCUT2D eigenvalue weighted by atomic mass is 16.5. The first-order valence-corrected chi connectivity index (χ1v) is 6.76. The van der Waals surface area contributed by atoms with E-state index in [-0.39, 0.29) is 5.78 Å². The van der Waals surface area contributed by atoms with E-state index in [0.717, 1.165) is 40.9 Å². The van der Waals surface area contributed by atoms with Crippen LogP contribution in [0.5, 0.6) is 5.75 Å². The van der Waals surface area contributed by atoms with Crippen molar-refractivity contribution in [2.45, 2.75) is 12.8 Å². The average Bonchev–Trinajstić information content (AvgIpc) is 2.51. The Kier molecular flexibility index (Phi) is 3.38. The second kappa shape index (κ2) is 5.33. The van der Waals surface area contributed by atoms with Crippen molar-refractivity contribution in [1.29, 1.82) is 0 Å². The number of allylic oxidation sites excluding steroid dienone is 1. The van der Waals surface area contributed by atoms with Gasteiger partial charge in [0.05, 0.1) is 7.11 Å². The summed E-state index contributed by atoms with van der Waals surface area (Å²) in [5, 5.41) is 0. The molecule has 0 aliphatic heterocycles. The molecule has 2 aromatic rings. The molecule has 100 valence electrons. The molecule has 0 saturated heterocycles. The number of benzene rings is 2. The first-order valence-electron chi connectivity index (χ1n) is 6.76. The second-order valence-corrected chi connectivity index (χ2v) is 4.90. The molecule has 0 atom stereocenters. The standard InChI is InChI=1S/C18H16O2/c1-20-17-9-5-8-16-15(17)11-10-14(18(16)19)12-13-6-3-2-4-7-13/h2-9,12H,10-11H2,1H3. The summed E-state index contributed by atoms with van der Waals surface area (Å²) < 4.78 is 5.34. The molecule has 0 spiro atoms. The van der Waals surface area contributed by atoms with Gasteiger partial charge in [-0.3, -0.25) is 4.79 Å². The number of carbonyl (C=O) groups excluding carboxylic acids is 1. The van der Waals surface area contributed by atoms with Crippen LogP contribution >= 0.6 is 0 Å². The van der Waals surface area contributed by atoms with Crippen LogP contribution in [0.4, 0.5) is 0 Å². The van der Waals surface area contributed by atoms with Gasteiger partial charge in [-0.1, -0.05) is 42.5 Å². The minimum atomic E-state index is 0.119. The van der Waals surface area contributed by atoms with Gasteiger partial charge in [0.2, 0.25) is 0 Å². The number of hydrogen-bond acceptors (Lipinski definition) is 2. The maximum Gasteiger partial charge on any atom is 0.189 e. The van der Waals surface area contributed by atoms with E-state index in [9.17, 15) is 4.79 Å². The van der Waals surface area contributed by atoms with Crippen LogP contribution in [0, 0.1) is 0 Å². The summed E-state index contributed by atoms with van der Waals surface area (Å²) >= 11 is 0. The smallest absolute Gasteiger partial charge is 0.189 e. The molecule has 3 rings (SSSR count). The number of rotatable bonds is 2. The van der Waals surface area contributed by atoms with Gasteiger partial charge in [-0.25, -0.2) is 0 Å². The molecule has 0 unspecified atom stereocenters. The SMILES string of the molecule is COc1cccc2c1CCC(=Cc1ccccc1)C2=O. The Morgan fingerprint density at radius 2 is 1.80 bits per heavy atom. The van der Waals surface area contributed by atoms with Crippen molar-refractivity contribution >= 4 is 11.9 Å². The lowest BCUT2D eigenvalue weighted by Crippen LogP contribution is -2.15. The third-order valence-electron chi connectivity index (χ3n) is 3.67. The van der Waals surface area contributed by atoms with Gasteiger partial charge in [-0.05, 0) is 30.5 Å². The highest BCUT2D eigenvalue weighted by Crippen LogP contribution is 2.32. The average molecular weight is 264 g/mol. The number of Topliss-reactive ketones (excluding diaryl/α,β-unsaturated/α-hetero) is 1. The summed E-state index contributed by atoms with van der Waals surface area (Å²) in [6.45, 7) is 0. The molecule has 0 bridgehead atoms. The van der Waals surface area contributed by atoms with Crippen molar-refractivity contribution in [2.75, 3.05) is 7.11 Å². The lowest BCUT2D eigenvalue weighted by Gasteiger charge is -2.19. The number of carbonyl (C=O) groups is 1. The predicted octanol–water partition coefficient (Wildman–Crippen LogP) is 3.91. The zero-order valence-corrected chi connectivity index (χ0v) is 11.4. The molecular weight excluding hydrogens is 248 g/mol. The van der Waals surface area contributed by atoms with Gasteiger partial charge in [-0.15, -0.1) is 0 Å². The normalized spacial score (nSPS) is 16.1. The van der Waals surface area contributed by atoms with Gasteiger partial charge in [0, 0.05) is 16.7 Å². The second-order valence-electron chi connectivity index (χ2n) is 4.90. The number of hydrogen-bond donors (Lipinski definition) is 0. The molecule has 0 fully saturated rings. The minimum Gasteiger partial charge on any atom is -0.496 e. The number of ether oxygens (including phenoxy) is 1. The van der Waals surface area contributed by atoms with Crippen molar-refractivity contribution in [1.82, 2.24) is 0 Å². The first-order chi connectivity index (χ1) is 9.79. The lowest BCUT2D eigenvalue weighted by atomic mass is 9.85. The largest absolute Gasteiger partial charge is 0.496 e. The quantitative estimate of drug-likeness (QED) is 0.769. The van der Waals surface area contributed by atoms with E-state index < -0.39 is 0 Å². The third kappa shape index (κ3) is 2.25. The van der Waals surface area contributed by atoms with Crippen LogP contribution in [0.1, 0.15) is 27.9 Å². The highest BCUT2D eigenvalue weighted by molar-refractivity contribution is 6.13. The zero-order valence-electron chi connectivity index (χ0n) is 11.4. The Labute approximate surface area is 118 Å². The van der Waals surface area contributed by atoms with E-state index >= 15 is 0 Å². The number of ketones is 1. The summed E-state index contributed by atoms with van der Waals surface area (Å²) in [6, 6.07) is 15.7. The number of fused-ring (bicyclic) bond motifs is 1. The summed E-state index contributed by atoms with van der Waals surface area (Å²) in [4.78, 5) is 12.6. The molecule has 1 aliphatic rings. The molecule has 0 N–H and O–H groups in total. The van der Waals surface area contributed by atoms with E-state index in [2.05, 4.69) is 0 Å². The van der Waals surface area contributed by atoms with Gasteiger partial charge in [0.25, 0.3) is 0 Å². The van der Waals surface area contributed by atoms with Crippen molar-refractivity contribution in [3.05, 3.63) is 70.8 Å². The van der Waals surface area contributed by atoms with Crippen LogP contribution < -0.4 is 4.74 Å². The summed E-state index contributed by atoms with van der Waals surface area (Å²) in [5.74, 6) is 0.934. The zero-order chi connectivity index (χ0) is 13.9. The summed E-state index contributed by atoms with van der Waals surface area (Å²) in [6.07, 6.45) is 3.61. The van der Waals surface area contributed by atoms with Gasteiger partial charge in [0.15, 0.2) is 5.78 Å². The van der Waals surface area contributed by atoms with Crippen molar-refractivity contribution in [3.8, 4) is 5.75 Å². The molecule has 1 aliphatic carbocycles. The molecule has 2 heteroatoms. The van der Waals surface area contributed by atoms with E-state index in [1.807, 2.05) is 54.6 Å². The third-order valence-corrected chi connectivity index (χ3v) is 3.67. The van der Waals surface area contributed by atoms with Crippen molar-refractivity contribution in [3.63, 3.8) is 0 Å². The predicted molar refractivity (Wildman–Crippen MR) is 80.1 cm³/mol. The Morgan fingerprint density at radius 3 is 2.55 bits per heavy atom. The lowest BCUT2D eigenvalue weighted by molar-refractivity contribution is 0.102. The van der Waals surface area contributed by atoms with Crippen LogP contribution in [0.15, 0.2) is 54.1 Å². The molecule has 0 heterocycles. The maximum absolute atomic E-state index is 12.6. The molecule has 0 aromatic heterocycles. The summed E-state index contributed by atoms with van der Waals surface area (Å²) in [5.41, 5.74) is 3.75. The van der Waals surface area contributed by atoms with E-state index in [4.69, 9.17) is 4.74 Å². The Balaban J connectivity index is 2.00. The Bertz CT molecular complexity index is 669. The Hall–Kier alpha value is -2.35. The van der Waals surface area contributed by atoms with Crippen LogP contribution in [0.3, 0.4) is 0 Å². The maximum atomic E-state index is 12.6. The first kappa shape index (κ1) is 12.7. The van der Waals surface area contributed by atoms with Crippen molar-refractivity contribution < 1.29 is 9.53 Å². The van der Waals surface area contributed by atoms with Gasteiger partial charge >= 0.3 is 0 Å². The molecule has 2 nitrogen and oxygen atoms in total. The fraction of sp³-hybridized carbons (Fsp3) is 0.167. The van der Waals surface area contributed by atoms with E-state index in [1.165, 1.54) is 0 Å².